The second kappa shape index (κ2) is 7.84. The van der Waals surface area contributed by atoms with Crippen LogP contribution < -0.4 is 0 Å². The first kappa shape index (κ1) is 15.6. The van der Waals surface area contributed by atoms with E-state index in [2.05, 4.69) is 39.4 Å². The molecule has 1 aromatic rings. The minimum atomic E-state index is 0.0787. The van der Waals surface area contributed by atoms with Gasteiger partial charge in [0.2, 0.25) is 0 Å². The van der Waals surface area contributed by atoms with Crippen molar-refractivity contribution in [2.75, 3.05) is 11.9 Å². The van der Waals surface area contributed by atoms with E-state index in [-0.39, 0.29) is 5.91 Å². The Labute approximate surface area is 121 Å². The van der Waals surface area contributed by atoms with Crippen LogP contribution in [0.2, 0.25) is 0 Å². The Kier molecular flexibility index (Phi) is 6.78. The van der Waals surface area contributed by atoms with Gasteiger partial charge in [-0.15, -0.1) is 5.10 Å². The van der Waals surface area contributed by atoms with E-state index in [1.807, 2.05) is 11.8 Å². The van der Waals surface area contributed by atoms with Gasteiger partial charge in [-0.3, -0.25) is 4.79 Å². The van der Waals surface area contributed by atoms with Crippen molar-refractivity contribution in [3.63, 3.8) is 0 Å². The van der Waals surface area contributed by atoms with E-state index in [9.17, 15) is 4.79 Å². The number of rotatable bonds is 7. The largest absolute Gasteiger partial charge is 0.334 e. The van der Waals surface area contributed by atoms with Gasteiger partial charge in [-0.05, 0) is 30.8 Å². The highest BCUT2D eigenvalue weighted by molar-refractivity contribution is 9.09. The van der Waals surface area contributed by atoms with E-state index in [4.69, 9.17) is 0 Å². The Hall–Kier alpha value is -0.490. The van der Waals surface area contributed by atoms with Gasteiger partial charge in [-0.2, -0.15) is 0 Å². The van der Waals surface area contributed by atoms with Gasteiger partial charge in [0.15, 0.2) is 0 Å². The lowest BCUT2D eigenvalue weighted by Gasteiger charge is -2.29. The number of alkyl halides is 1. The first-order valence-electron chi connectivity index (χ1n) is 6.37. The number of hydrogen-bond donors (Lipinski definition) is 0. The van der Waals surface area contributed by atoms with Crippen LogP contribution in [0.15, 0.2) is 0 Å². The fraction of sp³-hybridized carbons (Fsp3) is 0.750. The van der Waals surface area contributed by atoms with Crippen molar-refractivity contribution >= 4 is 33.4 Å². The van der Waals surface area contributed by atoms with Gasteiger partial charge in [0.05, 0.1) is 5.69 Å². The van der Waals surface area contributed by atoms with E-state index in [1.165, 1.54) is 11.5 Å². The molecule has 0 aliphatic heterocycles. The SMILES string of the molecule is CCc1nnsc1C(=O)N(CCBr)C(CC)CC. The van der Waals surface area contributed by atoms with Crippen molar-refractivity contribution < 1.29 is 4.79 Å². The molecule has 0 N–H and O–H groups in total. The highest BCUT2D eigenvalue weighted by Gasteiger charge is 2.25. The molecule has 4 nitrogen and oxygen atoms in total. The summed E-state index contributed by atoms with van der Waals surface area (Å²) >= 11 is 4.63. The van der Waals surface area contributed by atoms with E-state index in [0.717, 1.165) is 36.8 Å². The molecule has 0 aliphatic carbocycles. The molecule has 0 saturated heterocycles. The molecule has 0 fully saturated rings. The predicted octanol–water partition coefficient (Wildman–Crippen LogP) is 3.13. The number of aryl methyl sites for hydroxylation is 1. The minimum Gasteiger partial charge on any atom is -0.334 e. The number of amides is 1. The van der Waals surface area contributed by atoms with Gasteiger partial charge in [0.1, 0.15) is 4.88 Å². The maximum absolute atomic E-state index is 12.6. The number of carbonyl (C=O) groups is 1. The summed E-state index contributed by atoms with van der Waals surface area (Å²) in [6, 6.07) is 0.293. The summed E-state index contributed by atoms with van der Waals surface area (Å²) in [7, 11) is 0. The lowest BCUT2D eigenvalue weighted by atomic mass is 10.1. The van der Waals surface area contributed by atoms with Crippen LogP contribution in [0.25, 0.3) is 0 Å². The molecule has 0 bridgehead atoms. The van der Waals surface area contributed by atoms with Gasteiger partial charge >= 0.3 is 0 Å². The van der Waals surface area contributed by atoms with Gasteiger partial charge in [-0.25, -0.2) is 0 Å². The molecule has 0 radical (unpaired) electrons. The van der Waals surface area contributed by atoms with Crippen molar-refractivity contribution in [3.05, 3.63) is 10.6 Å². The molecule has 0 aliphatic rings. The first-order chi connectivity index (χ1) is 8.69. The zero-order valence-electron chi connectivity index (χ0n) is 11.1. The molecule has 0 atom stereocenters. The summed E-state index contributed by atoms with van der Waals surface area (Å²) in [5, 5.41) is 4.81. The van der Waals surface area contributed by atoms with Crippen molar-refractivity contribution in [2.24, 2.45) is 0 Å². The van der Waals surface area contributed by atoms with Crippen LogP contribution in [-0.2, 0) is 6.42 Å². The number of halogens is 1. The van der Waals surface area contributed by atoms with E-state index < -0.39 is 0 Å². The third-order valence-corrected chi connectivity index (χ3v) is 4.17. The third-order valence-electron chi connectivity index (χ3n) is 3.05. The topological polar surface area (TPSA) is 46.1 Å². The molecular formula is C12H20BrN3OS. The monoisotopic (exact) mass is 333 g/mol. The smallest absolute Gasteiger partial charge is 0.267 e. The average Bonchev–Trinajstić information content (AvgIpc) is 2.86. The maximum Gasteiger partial charge on any atom is 0.267 e. The molecule has 0 unspecified atom stereocenters. The van der Waals surface area contributed by atoms with E-state index >= 15 is 0 Å². The number of aromatic nitrogens is 2. The predicted molar refractivity (Wildman–Crippen MR) is 78.5 cm³/mol. The highest BCUT2D eigenvalue weighted by Crippen LogP contribution is 2.18. The van der Waals surface area contributed by atoms with Crippen molar-refractivity contribution in [1.82, 2.24) is 14.5 Å². The van der Waals surface area contributed by atoms with Gasteiger partial charge < -0.3 is 4.90 Å². The first-order valence-corrected chi connectivity index (χ1v) is 8.27. The molecule has 1 heterocycles. The molecule has 18 heavy (non-hydrogen) atoms. The Morgan fingerprint density at radius 2 is 2.06 bits per heavy atom. The van der Waals surface area contributed by atoms with E-state index in [0.29, 0.717) is 10.9 Å². The Morgan fingerprint density at radius 3 is 2.56 bits per heavy atom. The second-order valence-corrected chi connectivity index (χ2v) is 5.61. The summed E-state index contributed by atoms with van der Waals surface area (Å²) in [6.07, 6.45) is 2.70. The van der Waals surface area contributed by atoms with Crippen LogP contribution in [-0.4, -0.2) is 38.3 Å². The number of hydrogen-bond acceptors (Lipinski definition) is 4. The van der Waals surface area contributed by atoms with Crippen molar-refractivity contribution in [3.8, 4) is 0 Å². The summed E-state index contributed by atoms with van der Waals surface area (Å²) < 4.78 is 3.90. The summed E-state index contributed by atoms with van der Waals surface area (Å²) in [5.41, 5.74) is 0.815. The lowest BCUT2D eigenvalue weighted by molar-refractivity contribution is 0.0686. The average molecular weight is 334 g/mol. The number of nitrogens with zero attached hydrogens (tertiary/aromatic N) is 3. The lowest BCUT2D eigenvalue weighted by Crippen LogP contribution is -2.41. The van der Waals surface area contributed by atoms with Crippen molar-refractivity contribution in [2.45, 2.75) is 46.1 Å². The van der Waals surface area contributed by atoms with Crippen LogP contribution in [0.3, 0.4) is 0 Å². The summed E-state index contributed by atoms with van der Waals surface area (Å²) in [4.78, 5) is 15.2. The zero-order valence-corrected chi connectivity index (χ0v) is 13.6. The fourth-order valence-electron chi connectivity index (χ4n) is 2.00. The standard InChI is InChI=1S/C12H20BrN3OS/c1-4-9(5-2)16(8-7-13)12(17)11-10(6-3)14-15-18-11/h9H,4-8H2,1-3H3. The van der Waals surface area contributed by atoms with E-state index in [1.54, 1.807) is 0 Å². The third kappa shape index (κ3) is 3.51. The normalized spacial score (nSPS) is 10.9. The summed E-state index contributed by atoms with van der Waals surface area (Å²) in [5.74, 6) is 0.0787. The quantitative estimate of drug-likeness (QED) is 0.720. The molecule has 0 aromatic carbocycles. The molecular weight excluding hydrogens is 314 g/mol. The Morgan fingerprint density at radius 1 is 1.39 bits per heavy atom. The van der Waals surface area contributed by atoms with Crippen LogP contribution in [0.5, 0.6) is 0 Å². The number of carbonyl (C=O) groups excluding carboxylic acids is 1. The fourth-order valence-corrected chi connectivity index (χ4v) is 3.09. The molecule has 102 valence electrons. The maximum atomic E-state index is 12.6. The molecule has 1 amide bonds. The van der Waals surface area contributed by atoms with Gasteiger partial charge in [-0.1, -0.05) is 41.2 Å². The van der Waals surface area contributed by atoms with Crippen LogP contribution in [0.4, 0.5) is 0 Å². The second-order valence-electron chi connectivity index (χ2n) is 4.06. The highest BCUT2D eigenvalue weighted by atomic mass is 79.9. The van der Waals surface area contributed by atoms with Crippen LogP contribution in [0.1, 0.15) is 49.0 Å². The minimum absolute atomic E-state index is 0.0787. The van der Waals surface area contributed by atoms with Gasteiger partial charge in [0, 0.05) is 17.9 Å². The zero-order chi connectivity index (χ0) is 13.5. The van der Waals surface area contributed by atoms with Crippen LogP contribution in [0, 0.1) is 0 Å². The molecule has 6 heteroatoms. The molecule has 0 saturated carbocycles. The molecule has 1 rings (SSSR count). The Bertz CT molecular complexity index is 379. The van der Waals surface area contributed by atoms with Crippen molar-refractivity contribution in [1.29, 1.82) is 0 Å². The molecule has 1 aromatic heterocycles. The van der Waals surface area contributed by atoms with Crippen LogP contribution >= 0.6 is 27.5 Å². The Balaban J connectivity index is 2.95. The van der Waals surface area contributed by atoms with Gasteiger partial charge in [0.25, 0.3) is 5.91 Å². The molecule has 0 spiro atoms. The summed E-state index contributed by atoms with van der Waals surface area (Å²) in [6.45, 7) is 6.97.